The number of rotatable bonds is 3. The van der Waals surface area contributed by atoms with Crippen molar-refractivity contribution in [3.63, 3.8) is 0 Å². The first-order chi connectivity index (χ1) is 11.0. The highest BCUT2D eigenvalue weighted by atomic mass is 35.5. The summed E-state index contributed by atoms with van der Waals surface area (Å²) in [7, 11) is 0. The number of benzene rings is 1. The van der Waals surface area contributed by atoms with Crippen molar-refractivity contribution in [1.29, 1.82) is 0 Å². The highest BCUT2D eigenvalue weighted by Gasteiger charge is 2.18. The Morgan fingerprint density at radius 2 is 1.76 bits per heavy atom. The Morgan fingerprint density at radius 3 is 2.36 bits per heavy atom. The number of hydrogen-bond acceptors (Lipinski definition) is 3. The summed E-state index contributed by atoms with van der Waals surface area (Å²) in [6.07, 6.45) is 2.94. The minimum atomic E-state index is -0.648. The number of hydrogen-bond donors (Lipinski definition) is 1. The fraction of sp³-hybridized carbons (Fsp3) is 0.375. The third kappa shape index (κ3) is 4.60. The number of carbonyl (C=O) groups excluding carboxylic acids is 1. The zero-order chi connectivity index (χ0) is 16.6. The molecule has 1 aliphatic rings. The van der Waals surface area contributed by atoms with Crippen LogP contribution in [0.3, 0.4) is 0 Å². The Morgan fingerprint density at radius 1 is 1.12 bits per heavy atom. The first-order valence-electron chi connectivity index (χ1n) is 7.53. The van der Waals surface area contributed by atoms with Gasteiger partial charge < -0.3 is 10.6 Å². The van der Waals surface area contributed by atoms with Crippen molar-refractivity contribution in [3.05, 3.63) is 44.2 Å². The average molecular weight is 427 g/mol. The molecule has 0 spiro atoms. The monoisotopic (exact) mass is 425 g/mol. The second-order valence-electron chi connectivity index (χ2n) is 5.75. The fourth-order valence-electron chi connectivity index (χ4n) is 3.15. The maximum absolute atomic E-state index is 12.4. The van der Waals surface area contributed by atoms with Crippen molar-refractivity contribution in [2.45, 2.75) is 19.3 Å². The standard InChI is InChI=1S/C16H17Cl2N3O2.2ClH/c17-10-7-12(18)15-13(8-10)21(16(19)23)11(9-14(15)22)3-6-20-4-1-2-5-20;;/h7-9H,1-6H2,(H2,19,23);2*1H. The largest absolute Gasteiger partial charge is 0.351 e. The SMILES string of the molecule is Cl.Cl.NC(=O)n1c(CCN2CCCC2)cc(=O)c2c(Cl)cc(Cl)cc21. The molecule has 1 fully saturated rings. The van der Waals surface area contributed by atoms with Gasteiger partial charge in [0.1, 0.15) is 0 Å². The van der Waals surface area contributed by atoms with Crippen LogP contribution in [0, 0.1) is 0 Å². The molecule has 9 heteroatoms. The smallest absolute Gasteiger partial charge is 0.323 e. The molecule has 0 atom stereocenters. The van der Waals surface area contributed by atoms with Gasteiger partial charge in [-0.15, -0.1) is 24.8 Å². The van der Waals surface area contributed by atoms with Gasteiger partial charge in [0.25, 0.3) is 0 Å². The first kappa shape index (κ1) is 22.1. The fourth-order valence-corrected chi connectivity index (χ4v) is 3.72. The van der Waals surface area contributed by atoms with Gasteiger partial charge >= 0.3 is 6.03 Å². The minimum Gasteiger partial charge on any atom is -0.351 e. The van der Waals surface area contributed by atoms with E-state index in [0.29, 0.717) is 22.7 Å². The number of nitrogens with zero attached hydrogens (tertiary/aromatic N) is 2. The molecular weight excluding hydrogens is 408 g/mol. The molecule has 0 bridgehead atoms. The third-order valence-electron chi connectivity index (χ3n) is 4.21. The van der Waals surface area contributed by atoms with Gasteiger partial charge in [-0.25, -0.2) is 4.79 Å². The lowest BCUT2D eigenvalue weighted by atomic mass is 10.1. The van der Waals surface area contributed by atoms with Crippen molar-refractivity contribution >= 4 is 64.9 Å². The summed E-state index contributed by atoms with van der Waals surface area (Å²) >= 11 is 12.1. The number of nitrogens with two attached hydrogens (primary N) is 1. The van der Waals surface area contributed by atoms with Gasteiger partial charge in [-0.05, 0) is 38.1 Å². The van der Waals surface area contributed by atoms with Crippen LogP contribution < -0.4 is 11.2 Å². The van der Waals surface area contributed by atoms with Gasteiger partial charge in [0.2, 0.25) is 0 Å². The Balaban J connectivity index is 0.00000156. The summed E-state index contributed by atoms with van der Waals surface area (Å²) in [6.45, 7) is 2.88. The quantitative estimate of drug-likeness (QED) is 0.812. The van der Waals surface area contributed by atoms with Crippen molar-refractivity contribution in [2.24, 2.45) is 5.73 Å². The van der Waals surface area contributed by atoms with E-state index in [1.165, 1.54) is 29.5 Å². The van der Waals surface area contributed by atoms with E-state index in [1.807, 2.05) is 0 Å². The van der Waals surface area contributed by atoms with Crippen LogP contribution in [0.5, 0.6) is 0 Å². The number of carbonyl (C=O) groups is 1. The predicted molar refractivity (Wildman–Crippen MR) is 107 cm³/mol. The van der Waals surface area contributed by atoms with Gasteiger partial charge in [0.15, 0.2) is 5.43 Å². The lowest BCUT2D eigenvalue weighted by Gasteiger charge is -2.18. The molecule has 1 aliphatic heterocycles. The molecule has 0 radical (unpaired) electrons. The zero-order valence-corrected chi connectivity index (χ0v) is 16.5. The molecule has 0 aliphatic carbocycles. The highest BCUT2D eigenvalue weighted by molar-refractivity contribution is 6.38. The number of pyridine rings is 1. The lowest BCUT2D eigenvalue weighted by Crippen LogP contribution is -2.29. The molecule has 1 saturated heterocycles. The van der Waals surface area contributed by atoms with Crippen LogP contribution in [0.4, 0.5) is 4.79 Å². The van der Waals surface area contributed by atoms with E-state index < -0.39 is 6.03 Å². The van der Waals surface area contributed by atoms with Crippen molar-refractivity contribution in [1.82, 2.24) is 9.47 Å². The van der Waals surface area contributed by atoms with E-state index in [4.69, 9.17) is 28.9 Å². The van der Waals surface area contributed by atoms with Gasteiger partial charge in [0, 0.05) is 29.7 Å². The second kappa shape index (κ2) is 9.10. The molecule has 25 heavy (non-hydrogen) atoms. The molecule has 1 amide bonds. The molecule has 0 unspecified atom stereocenters. The van der Waals surface area contributed by atoms with Crippen molar-refractivity contribution in [2.75, 3.05) is 19.6 Å². The molecule has 2 heterocycles. The number of primary amides is 1. The summed E-state index contributed by atoms with van der Waals surface area (Å²) in [4.78, 5) is 26.7. The summed E-state index contributed by atoms with van der Waals surface area (Å²) in [5.74, 6) is 0. The Kier molecular flexibility index (Phi) is 8.03. The molecule has 2 N–H and O–H groups in total. The number of amides is 1. The number of aromatic nitrogens is 1. The minimum absolute atomic E-state index is 0. The third-order valence-corrected chi connectivity index (χ3v) is 4.73. The Labute approximate surface area is 167 Å². The van der Waals surface area contributed by atoms with Crippen LogP contribution in [-0.4, -0.2) is 35.1 Å². The summed E-state index contributed by atoms with van der Waals surface area (Å²) < 4.78 is 1.34. The van der Waals surface area contributed by atoms with Crippen LogP contribution >= 0.6 is 48.0 Å². The van der Waals surface area contributed by atoms with Crippen LogP contribution in [0.2, 0.25) is 10.0 Å². The van der Waals surface area contributed by atoms with Gasteiger partial charge in [-0.1, -0.05) is 23.2 Å². The van der Waals surface area contributed by atoms with Gasteiger partial charge in [0.05, 0.1) is 15.9 Å². The number of halogens is 4. The van der Waals surface area contributed by atoms with Crippen LogP contribution in [0.15, 0.2) is 23.0 Å². The van der Waals surface area contributed by atoms with Crippen molar-refractivity contribution < 1.29 is 4.79 Å². The molecule has 1 aromatic carbocycles. The van der Waals surface area contributed by atoms with Crippen LogP contribution in [-0.2, 0) is 6.42 Å². The maximum atomic E-state index is 12.4. The van der Waals surface area contributed by atoms with E-state index in [9.17, 15) is 9.59 Å². The molecule has 2 aromatic rings. The highest BCUT2D eigenvalue weighted by Crippen LogP contribution is 2.26. The molecule has 3 rings (SSSR count). The van der Waals surface area contributed by atoms with E-state index >= 15 is 0 Å². The normalized spacial score (nSPS) is 14.2. The van der Waals surface area contributed by atoms with E-state index in [2.05, 4.69) is 4.90 Å². The lowest BCUT2D eigenvalue weighted by molar-refractivity contribution is 0.250. The Bertz CT molecular complexity index is 832. The first-order valence-corrected chi connectivity index (χ1v) is 8.29. The molecule has 1 aromatic heterocycles. The number of likely N-dealkylation sites (tertiary alicyclic amines) is 1. The molecular formula is C16H19Cl4N3O2. The van der Waals surface area contributed by atoms with E-state index in [0.717, 1.165) is 19.6 Å². The summed E-state index contributed by atoms with van der Waals surface area (Å²) in [6, 6.07) is 3.84. The topological polar surface area (TPSA) is 68.3 Å². The second-order valence-corrected chi connectivity index (χ2v) is 6.60. The maximum Gasteiger partial charge on any atom is 0.323 e. The zero-order valence-electron chi connectivity index (χ0n) is 13.3. The molecule has 5 nitrogen and oxygen atoms in total. The number of fused-ring (bicyclic) bond motifs is 1. The average Bonchev–Trinajstić information content (AvgIpc) is 2.96. The van der Waals surface area contributed by atoms with Gasteiger partial charge in [-0.3, -0.25) is 9.36 Å². The molecule has 0 saturated carbocycles. The van der Waals surface area contributed by atoms with E-state index in [1.54, 1.807) is 6.07 Å². The summed E-state index contributed by atoms with van der Waals surface area (Å²) in [5.41, 5.74) is 6.25. The van der Waals surface area contributed by atoms with Crippen LogP contribution in [0.1, 0.15) is 18.5 Å². The summed E-state index contributed by atoms with van der Waals surface area (Å²) in [5, 5.41) is 0.840. The van der Waals surface area contributed by atoms with Gasteiger partial charge in [-0.2, -0.15) is 0 Å². The van der Waals surface area contributed by atoms with E-state index in [-0.39, 0.29) is 40.7 Å². The van der Waals surface area contributed by atoms with Crippen molar-refractivity contribution in [3.8, 4) is 0 Å². The predicted octanol–water partition coefficient (Wildman–Crippen LogP) is 3.72. The van der Waals surface area contributed by atoms with Crippen LogP contribution in [0.25, 0.3) is 10.9 Å². The molecule has 138 valence electrons. The Hall–Kier alpha value is -0.980.